The number of benzene rings is 1. The Hall–Kier alpha value is -1.95. The highest BCUT2D eigenvalue weighted by atomic mass is 19.1. The van der Waals surface area contributed by atoms with E-state index >= 15 is 0 Å². The van der Waals surface area contributed by atoms with Gasteiger partial charge in [-0.15, -0.1) is 0 Å². The zero-order valence-corrected chi connectivity index (χ0v) is 9.24. The van der Waals surface area contributed by atoms with Gasteiger partial charge in [-0.3, -0.25) is 9.59 Å². The molecule has 0 aliphatic heterocycles. The van der Waals surface area contributed by atoms with Gasteiger partial charge < -0.3 is 15.7 Å². The van der Waals surface area contributed by atoms with Crippen LogP contribution in [0.25, 0.3) is 0 Å². The predicted molar refractivity (Wildman–Crippen MR) is 59.7 cm³/mol. The van der Waals surface area contributed by atoms with Gasteiger partial charge in [0.15, 0.2) is 0 Å². The normalized spacial score (nSPS) is 11.7. The van der Waals surface area contributed by atoms with Crippen LogP contribution in [0.1, 0.15) is 6.92 Å². The van der Waals surface area contributed by atoms with E-state index in [1.165, 1.54) is 31.2 Å². The highest BCUT2D eigenvalue weighted by molar-refractivity contribution is 6.39. The van der Waals surface area contributed by atoms with Crippen LogP contribution in [0.4, 0.5) is 10.1 Å². The first-order valence-corrected chi connectivity index (χ1v) is 5.02. The lowest BCUT2D eigenvalue weighted by atomic mass is 10.3. The molecule has 2 amide bonds. The number of hydrogen-bond acceptors (Lipinski definition) is 3. The number of aliphatic hydroxyl groups is 1. The minimum Gasteiger partial charge on any atom is -0.394 e. The van der Waals surface area contributed by atoms with Crippen molar-refractivity contribution >= 4 is 17.5 Å². The van der Waals surface area contributed by atoms with Gasteiger partial charge in [0.25, 0.3) is 0 Å². The molecule has 3 N–H and O–H groups in total. The molecule has 1 rings (SSSR count). The van der Waals surface area contributed by atoms with E-state index < -0.39 is 23.7 Å². The molecule has 0 heterocycles. The van der Waals surface area contributed by atoms with Crippen LogP contribution in [0.2, 0.25) is 0 Å². The topological polar surface area (TPSA) is 78.4 Å². The zero-order chi connectivity index (χ0) is 12.8. The van der Waals surface area contributed by atoms with E-state index in [2.05, 4.69) is 10.6 Å². The number of aliphatic hydroxyl groups excluding tert-OH is 1. The molecule has 1 aromatic rings. The maximum absolute atomic E-state index is 13.2. The molecule has 0 bridgehead atoms. The molecule has 0 aromatic heterocycles. The van der Waals surface area contributed by atoms with E-state index in [0.29, 0.717) is 0 Å². The quantitative estimate of drug-likeness (QED) is 0.663. The number of rotatable bonds is 3. The number of para-hydroxylation sites is 1. The smallest absolute Gasteiger partial charge is 0.313 e. The molecule has 92 valence electrons. The van der Waals surface area contributed by atoms with Crippen molar-refractivity contribution in [3.63, 3.8) is 0 Å². The van der Waals surface area contributed by atoms with Crippen molar-refractivity contribution in [2.45, 2.75) is 13.0 Å². The van der Waals surface area contributed by atoms with Crippen LogP contribution in [0.15, 0.2) is 24.3 Å². The Bertz CT molecular complexity index is 423. The van der Waals surface area contributed by atoms with Gasteiger partial charge in [-0.1, -0.05) is 12.1 Å². The maximum atomic E-state index is 13.2. The summed E-state index contributed by atoms with van der Waals surface area (Å²) in [7, 11) is 0. The van der Waals surface area contributed by atoms with Gasteiger partial charge in [0.05, 0.1) is 12.3 Å². The summed E-state index contributed by atoms with van der Waals surface area (Å²) in [6.07, 6.45) is 0. The molecule has 0 aliphatic rings. The molecule has 0 spiro atoms. The second-order valence-electron chi connectivity index (χ2n) is 3.49. The fraction of sp³-hybridized carbons (Fsp3) is 0.273. The minimum atomic E-state index is -0.976. The van der Waals surface area contributed by atoms with E-state index in [4.69, 9.17) is 5.11 Å². The van der Waals surface area contributed by atoms with Crippen molar-refractivity contribution in [3.8, 4) is 0 Å². The molecule has 0 radical (unpaired) electrons. The fourth-order valence-electron chi connectivity index (χ4n) is 1.08. The van der Waals surface area contributed by atoms with Gasteiger partial charge in [-0.05, 0) is 19.1 Å². The first-order valence-electron chi connectivity index (χ1n) is 5.02. The summed E-state index contributed by atoms with van der Waals surface area (Å²) in [5, 5.41) is 13.1. The summed E-state index contributed by atoms with van der Waals surface area (Å²) in [4.78, 5) is 22.6. The summed E-state index contributed by atoms with van der Waals surface area (Å²) >= 11 is 0. The third-order valence-electron chi connectivity index (χ3n) is 1.98. The van der Waals surface area contributed by atoms with Gasteiger partial charge in [-0.2, -0.15) is 0 Å². The third-order valence-corrected chi connectivity index (χ3v) is 1.98. The lowest BCUT2D eigenvalue weighted by Crippen LogP contribution is -2.42. The van der Waals surface area contributed by atoms with Crippen molar-refractivity contribution in [1.82, 2.24) is 5.32 Å². The number of anilines is 1. The van der Waals surface area contributed by atoms with E-state index in [0.717, 1.165) is 0 Å². The van der Waals surface area contributed by atoms with Crippen LogP contribution >= 0.6 is 0 Å². The second-order valence-corrected chi connectivity index (χ2v) is 3.49. The van der Waals surface area contributed by atoms with Crippen LogP contribution in [-0.4, -0.2) is 29.6 Å². The van der Waals surface area contributed by atoms with Gasteiger partial charge in [0.1, 0.15) is 5.82 Å². The second kappa shape index (κ2) is 5.95. The van der Waals surface area contributed by atoms with Gasteiger partial charge in [0, 0.05) is 6.04 Å². The molecule has 6 heteroatoms. The first-order chi connectivity index (χ1) is 8.04. The summed E-state index contributed by atoms with van der Waals surface area (Å²) in [6.45, 7) is 1.26. The zero-order valence-electron chi connectivity index (χ0n) is 9.24. The van der Waals surface area contributed by atoms with Crippen LogP contribution < -0.4 is 10.6 Å². The lowest BCUT2D eigenvalue weighted by Gasteiger charge is -2.10. The molecular formula is C11H13FN2O3. The highest BCUT2D eigenvalue weighted by Crippen LogP contribution is 2.11. The van der Waals surface area contributed by atoms with Crippen LogP contribution in [-0.2, 0) is 9.59 Å². The van der Waals surface area contributed by atoms with E-state index in [9.17, 15) is 14.0 Å². The highest BCUT2D eigenvalue weighted by Gasteiger charge is 2.16. The van der Waals surface area contributed by atoms with Crippen molar-refractivity contribution in [3.05, 3.63) is 30.1 Å². The Labute approximate surface area is 97.6 Å². The van der Waals surface area contributed by atoms with E-state index in [1.807, 2.05) is 0 Å². The largest absolute Gasteiger partial charge is 0.394 e. The number of hydrogen-bond donors (Lipinski definition) is 3. The molecule has 1 atom stereocenters. The Morgan fingerprint density at radius 1 is 1.35 bits per heavy atom. The van der Waals surface area contributed by atoms with Crippen LogP contribution in [0.3, 0.4) is 0 Å². The number of nitrogens with one attached hydrogen (secondary N) is 2. The van der Waals surface area contributed by atoms with E-state index in [1.54, 1.807) is 0 Å². The third kappa shape index (κ3) is 3.84. The van der Waals surface area contributed by atoms with Crippen LogP contribution in [0.5, 0.6) is 0 Å². The molecular weight excluding hydrogens is 227 g/mol. The monoisotopic (exact) mass is 240 g/mol. The average molecular weight is 240 g/mol. The molecule has 0 saturated heterocycles. The SMILES string of the molecule is CC(CO)NC(=O)C(=O)Nc1ccccc1F. The Morgan fingerprint density at radius 2 is 2.00 bits per heavy atom. The Kier molecular flexibility index (Phi) is 4.59. The van der Waals surface area contributed by atoms with Crippen molar-refractivity contribution in [2.75, 3.05) is 11.9 Å². The fourth-order valence-corrected chi connectivity index (χ4v) is 1.08. The molecule has 0 aliphatic carbocycles. The molecule has 1 aromatic carbocycles. The summed E-state index contributed by atoms with van der Waals surface area (Å²) in [6, 6.07) is 4.99. The molecule has 0 fully saturated rings. The summed E-state index contributed by atoms with van der Waals surface area (Å²) in [5.41, 5.74) is -0.0655. The van der Waals surface area contributed by atoms with Gasteiger partial charge >= 0.3 is 11.8 Å². The maximum Gasteiger partial charge on any atom is 0.313 e. The first kappa shape index (κ1) is 13.1. The van der Waals surface area contributed by atoms with Gasteiger partial charge in [0.2, 0.25) is 0 Å². The molecule has 1 unspecified atom stereocenters. The molecule has 17 heavy (non-hydrogen) atoms. The predicted octanol–water partition coefficient (Wildman–Crippen LogP) is 0.261. The summed E-state index contributed by atoms with van der Waals surface area (Å²) < 4.78 is 13.2. The van der Waals surface area contributed by atoms with Crippen molar-refractivity contribution in [1.29, 1.82) is 0 Å². The molecule has 0 saturated carbocycles. The van der Waals surface area contributed by atoms with Crippen molar-refractivity contribution in [2.24, 2.45) is 0 Å². The average Bonchev–Trinajstić information content (AvgIpc) is 2.31. The summed E-state index contributed by atoms with van der Waals surface area (Å²) in [5.74, 6) is -2.52. The van der Waals surface area contributed by atoms with Crippen molar-refractivity contribution < 1.29 is 19.1 Å². The number of halogens is 1. The Morgan fingerprint density at radius 3 is 2.59 bits per heavy atom. The lowest BCUT2D eigenvalue weighted by molar-refractivity contribution is -0.136. The molecule has 5 nitrogen and oxygen atoms in total. The number of carbonyl (C=O) groups excluding carboxylic acids is 2. The minimum absolute atomic E-state index is 0.0655. The van der Waals surface area contributed by atoms with Gasteiger partial charge in [-0.25, -0.2) is 4.39 Å². The Balaban J connectivity index is 2.61. The van der Waals surface area contributed by atoms with Crippen LogP contribution in [0, 0.1) is 5.82 Å². The standard InChI is InChI=1S/C11H13FN2O3/c1-7(6-15)13-10(16)11(17)14-9-5-3-2-4-8(9)12/h2-5,7,15H,6H2,1H3,(H,13,16)(H,14,17). The van der Waals surface area contributed by atoms with E-state index in [-0.39, 0.29) is 12.3 Å². The number of carbonyl (C=O) groups is 2. The number of amides is 2.